The summed E-state index contributed by atoms with van der Waals surface area (Å²) in [6.07, 6.45) is 1.73. The van der Waals surface area contributed by atoms with Crippen LogP contribution in [0.5, 0.6) is 0 Å². The van der Waals surface area contributed by atoms with Gasteiger partial charge in [0.25, 0.3) is 5.56 Å². The van der Waals surface area contributed by atoms with Gasteiger partial charge in [-0.3, -0.25) is 14.2 Å². The first-order valence-electron chi connectivity index (χ1n) is 11.8. The minimum atomic E-state index is -2.96. The van der Waals surface area contributed by atoms with Crippen LogP contribution in [-0.4, -0.2) is 67.5 Å². The largest absolute Gasteiger partial charge is 0.462 e. The molecular formula is C24H29N5O6S2. The first-order chi connectivity index (χ1) is 17.7. The van der Waals surface area contributed by atoms with E-state index >= 15 is 0 Å². The SMILES string of the molecule is CCOC(=O)/C(C#N)=c1\s/c(=C/Nc2cccc(NC(=O)CCN3CCS(=O)(=O)CC3)c2)c(=O)n1CC. The molecule has 0 atom stereocenters. The van der Waals surface area contributed by atoms with E-state index in [4.69, 9.17) is 4.74 Å². The molecule has 1 amide bonds. The van der Waals surface area contributed by atoms with Crippen LogP contribution in [0.15, 0.2) is 29.1 Å². The number of carbonyl (C=O) groups excluding carboxylic acids is 2. The van der Waals surface area contributed by atoms with E-state index in [9.17, 15) is 28.1 Å². The predicted molar refractivity (Wildman–Crippen MR) is 142 cm³/mol. The number of amides is 1. The second-order valence-corrected chi connectivity index (χ2v) is 11.5. The fourth-order valence-corrected chi connectivity index (χ4v) is 6.02. The van der Waals surface area contributed by atoms with Crippen LogP contribution in [0.1, 0.15) is 20.3 Å². The molecule has 3 rings (SSSR count). The van der Waals surface area contributed by atoms with Crippen LogP contribution in [0, 0.1) is 11.3 Å². The lowest BCUT2D eigenvalue weighted by Crippen LogP contribution is -2.41. The Morgan fingerprint density at radius 3 is 2.57 bits per heavy atom. The van der Waals surface area contributed by atoms with Gasteiger partial charge in [0.15, 0.2) is 15.4 Å². The van der Waals surface area contributed by atoms with Gasteiger partial charge in [-0.15, -0.1) is 11.3 Å². The van der Waals surface area contributed by atoms with Crippen LogP contribution in [-0.2, 0) is 30.7 Å². The number of nitriles is 1. The first kappa shape index (κ1) is 28.1. The number of hydrogen-bond acceptors (Lipinski definition) is 10. The Labute approximate surface area is 218 Å². The maximum atomic E-state index is 12.8. The van der Waals surface area contributed by atoms with E-state index in [0.29, 0.717) is 35.5 Å². The number of sulfone groups is 1. The number of carbonyl (C=O) groups is 2. The zero-order valence-electron chi connectivity index (χ0n) is 20.7. The summed E-state index contributed by atoms with van der Waals surface area (Å²) < 4.78 is 29.9. The van der Waals surface area contributed by atoms with Crippen LogP contribution in [0.25, 0.3) is 11.8 Å². The molecule has 0 spiro atoms. The molecule has 1 saturated heterocycles. The van der Waals surface area contributed by atoms with Crippen molar-refractivity contribution in [1.29, 1.82) is 5.26 Å². The van der Waals surface area contributed by atoms with Gasteiger partial charge in [-0.05, 0) is 32.0 Å². The van der Waals surface area contributed by atoms with E-state index in [0.717, 1.165) is 11.3 Å². The molecule has 0 unspecified atom stereocenters. The van der Waals surface area contributed by atoms with Crippen molar-refractivity contribution in [3.05, 3.63) is 43.8 Å². The van der Waals surface area contributed by atoms with Crippen molar-refractivity contribution in [1.82, 2.24) is 9.47 Å². The maximum Gasteiger partial charge on any atom is 0.351 e. The van der Waals surface area contributed by atoms with E-state index < -0.39 is 15.8 Å². The number of aromatic nitrogens is 1. The Hall–Kier alpha value is -3.47. The highest BCUT2D eigenvalue weighted by Gasteiger charge is 2.21. The highest BCUT2D eigenvalue weighted by atomic mass is 32.2. The minimum Gasteiger partial charge on any atom is -0.462 e. The van der Waals surface area contributed by atoms with Crippen LogP contribution in [0.2, 0.25) is 0 Å². The topological polar surface area (TPSA) is 151 Å². The molecule has 2 heterocycles. The number of thiazole rings is 1. The molecule has 1 aromatic carbocycles. The van der Waals surface area contributed by atoms with E-state index in [1.54, 1.807) is 38.1 Å². The Balaban J connectivity index is 1.71. The van der Waals surface area contributed by atoms with E-state index in [1.807, 2.05) is 11.0 Å². The molecule has 0 saturated carbocycles. The van der Waals surface area contributed by atoms with E-state index in [1.165, 1.54) is 10.8 Å². The van der Waals surface area contributed by atoms with Gasteiger partial charge in [0.2, 0.25) is 5.91 Å². The molecule has 0 aliphatic carbocycles. The average molecular weight is 548 g/mol. The van der Waals surface area contributed by atoms with Gasteiger partial charge in [0.05, 0.1) is 18.1 Å². The fourth-order valence-electron chi connectivity index (χ4n) is 3.67. The number of nitrogens with one attached hydrogen (secondary N) is 2. The van der Waals surface area contributed by atoms with Crippen LogP contribution in [0.4, 0.5) is 11.4 Å². The Morgan fingerprint density at radius 1 is 1.22 bits per heavy atom. The summed E-state index contributed by atoms with van der Waals surface area (Å²) in [6.45, 7) is 5.11. The van der Waals surface area contributed by atoms with Crippen molar-refractivity contribution in [3.63, 3.8) is 0 Å². The van der Waals surface area contributed by atoms with Crippen LogP contribution in [0.3, 0.4) is 0 Å². The molecule has 198 valence electrons. The van der Waals surface area contributed by atoms with Crippen LogP contribution >= 0.6 is 11.3 Å². The summed E-state index contributed by atoms with van der Waals surface area (Å²) in [7, 11) is -2.96. The van der Waals surface area contributed by atoms with Crippen molar-refractivity contribution in [3.8, 4) is 6.07 Å². The second kappa shape index (κ2) is 12.7. The second-order valence-electron chi connectivity index (χ2n) is 8.19. The van der Waals surface area contributed by atoms with Gasteiger partial charge in [-0.2, -0.15) is 5.26 Å². The summed E-state index contributed by atoms with van der Waals surface area (Å²) in [5, 5.41) is 15.3. The number of ether oxygens (including phenoxy) is 1. The third-order valence-electron chi connectivity index (χ3n) is 5.64. The zero-order valence-corrected chi connectivity index (χ0v) is 22.3. The molecule has 1 aromatic heterocycles. The first-order valence-corrected chi connectivity index (χ1v) is 14.4. The Kier molecular flexibility index (Phi) is 9.62. The van der Waals surface area contributed by atoms with Crippen molar-refractivity contribution >= 4 is 56.2 Å². The molecule has 37 heavy (non-hydrogen) atoms. The number of esters is 1. The third kappa shape index (κ3) is 7.51. The molecule has 11 nitrogen and oxygen atoms in total. The zero-order chi connectivity index (χ0) is 27.0. The summed E-state index contributed by atoms with van der Waals surface area (Å²) in [5.74, 6) is -0.734. The average Bonchev–Trinajstić information content (AvgIpc) is 3.17. The maximum absolute atomic E-state index is 12.8. The standard InChI is InChI=1S/C24H29N5O6S2/c1-3-29-22(31)20(36-23(29)19(15-25)24(32)35-4-2)16-26-17-6-5-7-18(14-17)27-21(30)8-9-28-10-12-37(33,34)13-11-28/h5-7,14,16,26H,3-4,8-13H2,1-2H3,(H,27,30)/b20-16+,23-19-. The molecule has 2 N–H and O–H groups in total. The van der Waals surface area contributed by atoms with Gasteiger partial charge in [0.1, 0.15) is 15.3 Å². The van der Waals surface area contributed by atoms with E-state index in [2.05, 4.69) is 10.6 Å². The smallest absolute Gasteiger partial charge is 0.351 e. The summed E-state index contributed by atoms with van der Waals surface area (Å²) in [6, 6.07) is 8.79. The lowest BCUT2D eigenvalue weighted by Gasteiger charge is -2.26. The Morgan fingerprint density at radius 2 is 1.92 bits per heavy atom. The number of hydrogen-bond donors (Lipinski definition) is 2. The minimum absolute atomic E-state index is 0.113. The van der Waals surface area contributed by atoms with Crippen LogP contribution < -0.4 is 25.4 Å². The number of benzene rings is 1. The molecule has 1 aliphatic rings. The highest BCUT2D eigenvalue weighted by Crippen LogP contribution is 2.15. The molecule has 2 aromatic rings. The molecule has 0 radical (unpaired) electrons. The number of nitrogens with zero attached hydrogens (tertiary/aromatic N) is 3. The molecule has 1 aliphatic heterocycles. The molecule has 1 fully saturated rings. The highest BCUT2D eigenvalue weighted by molar-refractivity contribution is 7.91. The van der Waals surface area contributed by atoms with Gasteiger partial charge < -0.3 is 20.3 Å². The van der Waals surface area contributed by atoms with Crippen molar-refractivity contribution in [2.24, 2.45) is 0 Å². The van der Waals surface area contributed by atoms with E-state index in [-0.39, 0.29) is 52.8 Å². The number of anilines is 2. The normalized spacial score (nSPS) is 16.5. The quantitative estimate of drug-likeness (QED) is 0.416. The van der Waals surface area contributed by atoms with Gasteiger partial charge >= 0.3 is 5.97 Å². The van der Waals surface area contributed by atoms with Gasteiger partial charge in [-0.25, -0.2) is 13.2 Å². The molecule has 0 bridgehead atoms. The monoisotopic (exact) mass is 547 g/mol. The van der Waals surface area contributed by atoms with Crippen molar-refractivity contribution in [2.45, 2.75) is 26.8 Å². The van der Waals surface area contributed by atoms with Crippen molar-refractivity contribution in [2.75, 3.05) is 48.4 Å². The fraction of sp³-hybridized carbons (Fsp3) is 0.417. The summed E-state index contributed by atoms with van der Waals surface area (Å²) >= 11 is 1.01. The van der Waals surface area contributed by atoms with Crippen molar-refractivity contribution < 1.29 is 22.7 Å². The molecule has 13 heteroatoms. The van der Waals surface area contributed by atoms with Gasteiger partial charge in [-0.1, -0.05) is 6.07 Å². The van der Waals surface area contributed by atoms with Gasteiger partial charge in [0, 0.05) is 50.2 Å². The predicted octanol–water partition coefficient (Wildman–Crippen LogP) is 0.0762. The summed E-state index contributed by atoms with van der Waals surface area (Å²) in [5.41, 5.74) is 0.611. The summed E-state index contributed by atoms with van der Waals surface area (Å²) in [4.78, 5) is 39.3. The Bertz CT molecular complexity index is 1470. The number of rotatable bonds is 9. The molecular weight excluding hydrogens is 518 g/mol. The third-order valence-corrected chi connectivity index (χ3v) is 8.38. The lowest BCUT2D eigenvalue weighted by molar-refractivity contribution is -0.136. The lowest BCUT2D eigenvalue weighted by atomic mass is 10.2.